The molecular weight excluding hydrogens is 368 g/mol. The molecule has 1 unspecified atom stereocenters. The lowest BCUT2D eigenvalue weighted by molar-refractivity contribution is 0.204. The number of aliphatic hydroxyl groups is 1. The number of hydrogen-bond acceptors (Lipinski definition) is 7. The van der Waals surface area contributed by atoms with Crippen molar-refractivity contribution in [1.29, 1.82) is 0 Å². The summed E-state index contributed by atoms with van der Waals surface area (Å²) in [4.78, 5) is 13.4. The molecule has 1 aromatic carbocycles. The summed E-state index contributed by atoms with van der Waals surface area (Å²) < 4.78 is 5.81. The first-order chi connectivity index (χ1) is 14.0. The SMILES string of the molecule is CC(O)CN=CC(=CN)C1=NC(c2n[nH]c3ccc(OC(C)C)cc23)=NCC=C1. The summed E-state index contributed by atoms with van der Waals surface area (Å²) in [5.41, 5.74) is 8.57. The van der Waals surface area contributed by atoms with Gasteiger partial charge in [-0.25, -0.2) is 4.99 Å². The van der Waals surface area contributed by atoms with Crippen molar-refractivity contribution >= 4 is 28.7 Å². The van der Waals surface area contributed by atoms with E-state index < -0.39 is 6.10 Å². The quantitative estimate of drug-likeness (QED) is 0.624. The van der Waals surface area contributed by atoms with Gasteiger partial charge in [0.1, 0.15) is 11.4 Å². The molecule has 1 aromatic heterocycles. The third kappa shape index (κ3) is 5.17. The molecule has 4 N–H and O–H groups in total. The molecule has 3 rings (SSSR count). The van der Waals surface area contributed by atoms with E-state index in [-0.39, 0.29) is 12.6 Å². The van der Waals surface area contributed by atoms with E-state index >= 15 is 0 Å². The Morgan fingerprint density at radius 1 is 1.38 bits per heavy atom. The van der Waals surface area contributed by atoms with Crippen LogP contribution in [0.2, 0.25) is 0 Å². The molecule has 0 aliphatic carbocycles. The van der Waals surface area contributed by atoms with Crippen LogP contribution in [0, 0.1) is 0 Å². The predicted octanol–water partition coefficient (Wildman–Crippen LogP) is 2.40. The molecule has 1 aliphatic rings. The smallest absolute Gasteiger partial charge is 0.176 e. The number of fused-ring (bicyclic) bond motifs is 1. The van der Waals surface area contributed by atoms with Crippen LogP contribution in [0.25, 0.3) is 10.9 Å². The summed E-state index contributed by atoms with van der Waals surface area (Å²) in [5.74, 6) is 1.26. The van der Waals surface area contributed by atoms with Crippen LogP contribution in [-0.4, -0.2) is 58.4 Å². The van der Waals surface area contributed by atoms with Crippen LogP contribution < -0.4 is 10.5 Å². The van der Waals surface area contributed by atoms with Gasteiger partial charge in [-0.1, -0.05) is 6.08 Å². The number of rotatable bonds is 7. The topological polar surface area (TPSA) is 121 Å². The summed E-state index contributed by atoms with van der Waals surface area (Å²) in [6.07, 6.45) is 6.35. The Bertz CT molecular complexity index is 1010. The molecule has 1 atom stereocenters. The Balaban J connectivity index is 1.96. The highest BCUT2D eigenvalue weighted by Crippen LogP contribution is 2.24. The molecule has 0 bridgehead atoms. The fraction of sp³-hybridized carbons (Fsp3) is 0.333. The van der Waals surface area contributed by atoms with E-state index in [2.05, 4.69) is 25.2 Å². The number of nitrogens with one attached hydrogen (secondary N) is 1. The second kappa shape index (κ2) is 9.29. The molecular formula is C21H26N6O2. The number of nitrogens with two attached hydrogens (primary N) is 1. The minimum absolute atomic E-state index is 0.0741. The van der Waals surface area contributed by atoms with Crippen molar-refractivity contribution in [3.05, 3.63) is 47.8 Å². The number of aromatic amines is 1. The zero-order valence-corrected chi connectivity index (χ0v) is 16.8. The van der Waals surface area contributed by atoms with E-state index in [9.17, 15) is 5.11 Å². The van der Waals surface area contributed by atoms with Gasteiger partial charge < -0.3 is 15.6 Å². The molecule has 0 amide bonds. The maximum Gasteiger partial charge on any atom is 0.176 e. The summed E-state index contributed by atoms with van der Waals surface area (Å²) >= 11 is 0. The van der Waals surface area contributed by atoms with Crippen LogP contribution in [0.1, 0.15) is 26.5 Å². The number of allylic oxidation sites excluding steroid dienone is 2. The standard InChI is InChI=1S/C21H26N6O2/c1-13(2)29-16-6-7-19-17(9-16)20(27-26-19)21-24-8-4-5-18(25-21)15(10-22)12-23-11-14(3)28/h4-7,9-10,12-14,28H,8,11,22H2,1-3H3,(H,26,27). The van der Waals surface area contributed by atoms with Crippen LogP contribution in [0.3, 0.4) is 0 Å². The number of amidine groups is 1. The molecule has 152 valence electrons. The van der Waals surface area contributed by atoms with Crippen LogP contribution in [0.5, 0.6) is 5.75 Å². The van der Waals surface area contributed by atoms with E-state index in [1.807, 2.05) is 44.2 Å². The van der Waals surface area contributed by atoms with Crippen LogP contribution in [-0.2, 0) is 0 Å². The monoisotopic (exact) mass is 394 g/mol. The van der Waals surface area contributed by atoms with Crippen molar-refractivity contribution in [3.63, 3.8) is 0 Å². The number of aromatic nitrogens is 2. The van der Waals surface area contributed by atoms with E-state index in [0.717, 1.165) is 16.7 Å². The number of nitrogens with zero attached hydrogens (tertiary/aromatic N) is 4. The van der Waals surface area contributed by atoms with E-state index in [4.69, 9.17) is 10.5 Å². The largest absolute Gasteiger partial charge is 0.491 e. The highest BCUT2D eigenvalue weighted by atomic mass is 16.5. The van der Waals surface area contributed by atoms with Crippen molar-refractivity contribution in [3.8, 4) is 5.75 Å². The third-order valence-corrected chi connectivity index (χ3v) is 4.04. The zero-order chi connectivity index (χ0) is 20.8. The number of aliphatic imine (C=N–C) groups is 3. The van der Waals surface area contributed by atoms with Gasteiger partial charge in [0.25, 0.3) is 0 Å². The Kier molecular flexibility index (Phi) is 6.56. The van der Waals surface area contributed by atoms with Crippen molar-refractivity contribution in [2.24, 2.45) is 20.7 Å². The predicted molar refractivity (Wildman–Crippen MR) is 117 cm³/mol. The number of ether oxygens (including phenoxy) is 1. The molecule has 2 aromatic rings. The Labute approximate surface area is 169 Å². The third-order valence-electron chi connectivity index (χ3n) is 4.04. The lowest BCUT2D eigenvalue weighted by Crippen LogP contribution is -2.10. The highest BCUT2D eigenvalue weighted by Gasteiger charge is 2.16. The Morgan fingerprint density at radius 2 is 2.21 bits per heavy atom. The normalized spacial score (nSPS) is 16.2. The Hall–Kier alpha value is -3.26. The van der Waals surface area contributed by atoms with E-state index in [1.165, 1.54) is 6.20 Å². The molecule has 0 fully saturated rings. The van der Waals surface area contributed by atoms with Crippen molar-refractivity contribution in [2.75, 3.05) is 13.1 Å². The molecule has 1 aliphatic heterocycles. The second-order valence-corrected chi connectivity index (χ2v) is 6.98. The first-order valence-electron chi connectivity index (χ1n) is 9.53. The summed E-state index contributed by atoms with van der Waals surface area (Å²) in [6, 6.07) is 5.77. The average molecular weight is 394 g/mol. The van der Waals surface area contributed by atoms with Gasteiger partial charge in [0.15, 0.2) is 5.84 Å². The van der Waals surface area contributed by atoms with Crippen LogP contribution >= 0.6 is 0 Å². The Morgan fingerprint density at radius 3 is 2.93 bits per heavy atom. The minimum atomic E-state index is -0.522. The molecule has 0 saturated carbocycles. The van der Waals surface area contributed by atoms with E-state index in [0.29, 0.717) is 29.4 Å². The minimum Gasteiger partial charge on any atom is -0.491 e. The van der Waals surface area contributed by atoms with Crippen molar-refractivity contribution in [2.45, 2.75) is 33.0 Å². The molecule has 29 heavy (non-hydrogen) atoms. The number of H-pyrrole nitrogens is 1. The van der Waals surface area contributed by atoms with Crippen molar-refractivity contribution < 1.29 is 9.84 Å². The molecule has 2 heterocycles. The lowest BCUT2D eigenvalue weighted by atomic mass is 10.1. The fourth-order valence-electron chi connectivity index (χ4n) is 2.79. The first kappa shape index (κ1) is 20.5. The molecule has 0 saturated heterocycles. The number of benzene rings is 1. The number of hydrogen-bond donors (Lipinski definition) is 3. The lowest BCUT2D eigenvalue weighted by Gasteiger charge is -2.09. The second-order valence-electron chi connectivity index (χ2n) is 6.98. The van der Waals surface area contributed by atoms with Crippen molar-refractivity contribution in [1.82, 2.24) is 10.2 Å². The van der Waals surface area contributed by atoms with Gasteiger partial charge in [-0.15, -0.1) is 0 Å². The maximum atomic E-state index is 9.39. The zero-order valence-electron chi connectivity index (χ0n) is 16.8. The summed E-state index contributed by atoms with van der Waals surface area (Å²) in [5, 5.41) is 17.7. The van der Waals surface area contributed by atoms with Crippen LogP contribution in [0.15, 0.2) is 57.1 Å². The van der Waals surface area contributed by atoms with Crippen LogP contribution in [0.4, 0.5) is 0 Å². The van der Waals surface area contributed by atoms with Gasteiger partial charge in [0.2, 0.25) is 0 Å². The average Bonchev–Trinajstić information content (AvgIpc) is 2.93. The van der Waals surface area contributed by atoms with Gasteiger partial charge >= 0.3 is 0 Å². The van der Waals surface area contributed by atoms with Gasteiger partial charge in [0.05, 0.1) is 36.5 Å². The first-order valence-corrected chi connectivity index (χ1v) is 9.53. The van der Waals surface area contributed by atoms with Gasteiger partial charge in [0, 0.05) is 23.4 Å². The van der Waals surface area contributed by atoms with E-state index in [1.54, 1.807) is 13.1 Å². The van der Waals surface area contributed by atoms with Gasteiger partial charge in [-0.2, -0.15) is 5.10 Å². The maximum absolute atomic E-state index is 9.39. The summed E-state index contributed by atoms with van der Waals surface area (Å²) in [6.45, 7) is 6.41. The molecule has 8 nitrogen and oxygen atoms in total. The van der Waals surface area contributed by atoms with Gasteiger partial charge in [-0.3, -0.25) is 15.1 Å². The number of aliphatic hydroxyl groups excluding tert-OH is 1. The molecule has 0 radical (unpaired) electrons. The van der Waals surface area contributed by atoms with Gasteiger partial charge in [-0.05, 0) is 45.0 Å². The summed E-state index contributed by atoms with van der Waals surface area (Å²) in [7, 11) is 0. The fourth-order valence-corrected chi connectivity index (χ4v) is 2.79. The molecule has 8 heteroatoms. The molecule has 0 spiro atoms. The highest BCUT2D eigenvalue weighted by molar-refractivity contribution is 6.26.